The van der Waals surface area contributed by atoms with Crippen molar-refractivity contribution in [2.24, 2.45) is 0 Å². The molecule has 0 spiro atoms. The monoisotopic (exact) mass is 378 g/mol. The van der Waals surface area contributed by atoms with Crippen LogP contribution in [-0.4, -0.2) is 54.9 Å². The van der Waals surface area contributed by atoms with Crippen LogP contribution in [0, 0.1) is 0 Å². The molecule has 0 rings (SSSR count). The first-order valence-electron chi connectivity index (χ1n) is 8.53. The molecule has 0 bridgehead atoms. The number of allylic oxidation sites excluding steroid dienone is 6. The molecule has 6 heteroatoms. The third-order valence-electron chi connectivity index (χ3n) is 2.30. The van der Waals surface area contributed by atoms with Crippen molar-refractivity contribution in [1.82, 2.24) is 0 Å². The summed E-state index contributed by atoms with van der Waals surface area (Å²) >= 11 is 0. The fourth-order valence-corrected chi connectivity index (χ4v) is 1.23. The summed E-state index contributed by atoms with van der Waals surface area (Å²) in [6.45, 7) is 15.2. The summed E-state index contributed by atoms with van der Waals surface area (Å²) in [6, 6.07) is 0. The van der Waals surface area contributed by atoms with Crippen LogP contribution in [0.3, 0.4) is 0 Å². The van der Waals surface area contributed by atoms with E-state index in [0.717, 1.165) is 32.5 Å². The predicted octanol–water partition coefficient (Wildman–Crippen LogP) is 0.548. The summed E-state index contributed by atoms with van der Waals surface area (Å²) in [5, 5.41) is 8.31. The second-order valence-electron chi connectivity index (χ2n) is 4.32. The number of rotatable bonds is 11. The molecule has 0 saturated heterocycles. The number of carbonyl (C=O) groups excluding carboxylic acids is 1. The Hall–Kier alpha value is -0.520. The maximum absolute atomic E-state index is 10.7. The maximum atomic E-state index is 10.7. The van der Waals surface area contributed by atoms with Gasteiger partial charge in [0, 0.05) is 26.2 Å². The zero-order chi connectivity index (χ0) is 18.9. The first-order chi connectivity index (χ1) is 11.6. The van der Waals surface area contributed by atoms with Gasteiger partial charge in [-0.15, -0.1) is 0 Å². The summed E-state index contributed by atoms with van der Waals surface area (Å²) < 4.78 is 9.56. The van der Waals surface area contributed by atoms with Crippen molar-refractivity contribution in [2.75, 3.05) is 26.4 Å². The van der Waals surface area contributed by atoms with Gasteiger partial charge in [0.2, 0.25) is 0 Å². The van der Waals surface area contributed by atoms with Crippen molar-refractivity contribution in [3.05, 3.63) is 49.6 Å². The van der Waals surface area contributed by atoms with E-state index in [-0.39, 0.29) is 50.2 Å². The molecule has 1 N–H and O–H groups in total. The third kappa shape index (κ3) is 49.5. The topological polar surface area (TPSA) is 55.8 Å². The molecule has 0 fully saturated rings. The van der Waals surface area contributed by atoms with Crippen LogP contribution in [0.4, 0.5) is 0 Å². The number of aliphatic hydroxyl groups excluding tert-OH is 1. The molecular weight excluding hydrogens is 338 g/mol. The number of unbranched alkanes of at least 4 members (excludes halogenated alkanes) is 1. The molecular formula is C20H40AlLiO4. The molecule has 4 nitrogen and oxygen atoms in total. The maximum Gasteiger partial charge on any atom is 1.00 e. The van der Waals surface area contributed by atoms with Crippen LogP contribution in [0.15, 0.2) is 49.6 Å². The summed E-state index contributed by atoms with van der Waals surface area (Å²) in [5.74, 6) is -0.138. The SMILES string of the molecule is C=C/C=C/CCC(=O)OCC.C=C/C=C/CCCO.CCOCC.[AlH3].[H-].[Li+]. The molecule has 0 aromatic carbocycles. The van der Waals surface area contributed by atoms with Crippen LogP contribution in [0.2, 0.25) is 0 Å². The van der Waals surface area contributed by atoms with Gasteiger partial charge < -0.3 is 16.0 Å². The summed E-state index contributed by atoms with van der Waals surface area (Å²) in [4.78, 5) is 10.7. The van der Waals surface area contributed by atoms with Gasteiger partial charge in [-0.05, 0) is 40.0 Å². The molecule has 0 unspecified atom stereocenters. The molecule has 0 aliphatic heterocycles. The summed E-state index contributed by atoms with van der Waals surface area (Å²) in [7, 11) is 0. The molecule has 0 saturated carbocycles. The number of esters is 1. The minimum absolute atomic E-state index is 0. The minimum Gasteiger partial charge on any atom is -1.00 e. The first kappa shape index (κ1) is 36.4. The smallest absolute Gasteiger partial charge is 1.00 e. The van der Waals surface area contributed by atoms with Crippen LogP contribution < -0.4 is 18.9 Å². The van der Waals surface area contributed by atoms with Gasteiger partial charge >= 0.3 is 24.8 Å². The molecule has 0 aromatic heterocycles. The van der Waals surface area contributed by atoms with Gasteiger partial charge in [-0.1, -0.05) is 49.6 Å². The molecule has 0 aliphatic rings. The summed E-state index contributed by atoms with van der Waals surface area (Å²) in [6.07, 6.45) is 14.0. The molecule has 0 aromatic rings. The fourth-order valence-electron chi connectivity index (χ4n) is 1.23. The number of ether oxygens (including phenoxy) is 2. The van der Waals surface area contributed by atoms with Crippen LogP contribution >= 0.6 is 0 Å². The average Bonchev–Trinajstić information content (AvgIpc) is 2.58. The van der Waals surface area contributed by atoms with Gasteiger partial charge in [-0.3, -0.25) is 4.79 Å². The largest absolute Gasteiger partial charge is 1.00 e. The Bertz CT molecular complexity index is 336. The summed E-state index contributed by atoms with van der Waals surface area (Å²) in [5.41, 5.74) is 0. The minimum atomic E-state index is -0.138. The quantitative estimate of drug-likeness (QED) is 0.247. The molecule has 0 radical (unpaired) electrons. The van der Waals surface area contributed by atoms with Crippen molar-refractivity contribution >= 4 is 23.3 Å². The van der Waals surface area contributed by atoms with E-state index in [1.165, 1.54) is 0 Å². The Morgan fingerprint density at radius 2 is 1.50 bits per heavy atom. The Labute approximate surface area is 185 Å². The van der Waals surface area contributed by atoms with Crippen LogP contribution in [0.5, 0.6) is 0 Å². The Kier molecular flexibility index (Phi) is 55.3. The van der Waals surface area contributed by atoms with Crippen molar-refractivity contribution in [2.45, 2.75) is 46.5 Å². The van der Waals surface area contributed by atoms with E-state index in [0.29, 0.717) is 13.0 Å². The predicted molar refractivity (Wildman–Crippen MR) is 114 cm³/mol. The van der Waals surface area contributed by atoms with E-state index in [1.807, 2.05) is 38.2 Å². The number of hydrogen-bond donors (Lipinski definition) is 1. The molecule has 0 heterocycles. The first-order valence-corrected chi connectivity index (χ1v) is 8.53. The zero-order valence-electron chi connectivity index (χ0n) is 17.7. The standard InChI is InChI=1S/C9H14O2.C7H12O.C4H10O.Al.Li.4H/c1-3-5-6-7-8-9(10)11-4-2;1-2-3-4-5-6-7-8;1-3-5-4-2;;;;;;/h3,5-6H,1,4,7-8H2,2H3;2-4,8H,1,5-7H2;3-4H2,1-2H3;;;;;;/q;;;;+1;;;;-1/b6-5+;4-3+;;;;;;;. The van der Waals surface area contributed by atoms with Crippen LogP contribution in [0.1, 0.15) is 47.9 Å². The van der Waals surface area contributed by atoms with Gasteiger partial charge in [-0.2, -0.15) is 0 Å². The molecule has 0 atom stereocenters. The van der Waals surface area contributed by atoms with Gasteiger partial charge in [0.15, 0.2) is 17.4 Å². The molecule has 0 aliphatic carbocycles. The van der Waals surface area contributed by atoms with Crippen molar-refractivity contribution in [3.8, 4) is 0 Å². The average molecular weight is 378 g/mol. The Morgan fingerprint density at radius 1 is 1.00 bits per heavy atom. The van der Waals surface area contributed by atoms with E-state index in [2.05, 4.69) is 13.2 Å². The van der Waals surface area contributed by atoms with E-state index in [1.54, 1.807) is 19.1 Å². The fraction of sp³-hybridized carbons (Fsp3) is 0.550. The van der Waals surface area contributed by atoms with Crippen molar-refractivity contribution in [1.29, 1.82) is 0 Å². The van der Waals surface area contributed by atoms with E-state index < -0.39 is 0 Å². The second kappa shape index (κ2) is 39.5. The van der Waals surface area contributed by atoms with E-state index in [9.17, 15) is 4.79 Å². The van der Waals surface area contributed by atoms with Gasteiger partial charge in [0.1, 0.15) is 0 Å². The van der Waals surface area contributed by atoms with Crippen molar-refractivity contribution < 1.29 is 39.7 Å². The van der Waals surface area contributed by atoms with Crippen LogP contribution in [-0.2, 0) is 14.3 Å². The Balaban J connectivity index is -0.0000000617. The second-order valence-corrected chi connectivity index (χ2v) is 4.32. The van der Waals surface area contributed by atoms with E-state index >= 15 is 0 Å². The molecule has 26 heavy (non-hydrogen) atoms. The van der Waals surface area contributed by atoms with Gasteiger partial charge in [0.05, 0.1) is 6.61 Å². The third-order valence-corrected chi connectivity index (χ3v) is 2.30. The molecule has 148 valence electrons. The normalized spacial score (nSPS) is 8.92. The zero-order valence-corrected chi connectivity index (χ0v) is 16.7. The van der Waals surface area contributed by atoms with Gasteiger partial charge in [0.25, 0.3) is 0 Å². The van der Waals surface area contributed by atoms with Crippen molar-refractivity contribution in [3.63, 3.8) is 0 Å². The number of carbonyl (C=O) groups is 1. The molecule has 0 amide bonds. The number of hydrogen-bond acceptors (Lipinski definition) is 4. The van der Waals surface area contributed by atoms with Gasteiger partial charge in [-0.25, -0.2) is 0 Å². The van der Waals surface area contributed by atoms with Crippen LogP contribution in [0.25, 0.3) is 0 Å². The Morgan fingerprint density at radius 3 is 1.85 bits per heavy atom. The van der Waals surface area contributed by atoms with E-state index in [4.69, 9.17) is 14.6 Å². The number of aliphatic hydroxyl groups is 1.